The molecule has 216 valence electrons. The fraction of sp³-hybridized carbons (Fsp3) is 0.414. The third-order valence-electron chi connectivity index (χ3n) is 6.55. The summed E-state index contributed by atoms with van der Waals surface area (Å²) in [6.45, 7) is 3.34. The van der Waals surface area contributed by atoms with Gasteiger partial charge in [-0.05, 0) is 48.6 Å². The summed E-state index contributed by atoms with van der Waals surface area (Å²) in [5.74, 6) is -2.14. The van der Waals surface area contributed by atoms with E-state index in [1.807, 2.05) is 13.8 Å². The molecular weight excluding hydrogens is 521 g/mol. The lowest BCUT2D eigenvalue weighted by molar-refractivity contribution is -0.139. The van der Waals surface area contributed by atoms with E-state index in [4.69, 9.17) is 5.11 Å². The minimum atomic E-state index is -1.22. The second-order valence-electron chi connectivity index (χ2n) is 10.0. The zero-order valence-electron chi connectivity index (χ0n) is 22.4. The van der Waals surface area contributed by atoms with E-state index in [0.29, 0.717) is 22.6 Å². The summed E-state index contributed by atoms with van der Waals surface area (Å²) in [4.78, 5) is 28.9. The Balaban J connectivity index is 1.95. The SMILES string of the molecule is CC(C)c1c(C(=O)NC(CO)C(O)c2ccccc2)nc(-c2ccc(F)cc2)n1CC[C@@H](O)C[C@@H](O)CC(=O)O. The molecule has 2 aromatic carbocycles. The Morgan fingerprint density at radius 2 is 1.65 bits per heavy atom. The molecule has 2 unspecified atom stereocenters. The maximum absolute atomic E-state index is 13.7. The van der Waals surface area contributed by atoms with Gasteiger partial charge in [-0.3, -0.25) is 9.59 Å². The normalized spacial score (nSPS) is 14.5. The van der Waals surface area contributed by atoms with Crippen molar-refractivity contribution in [2.45, 2.75) is 69.9 Å². The van der Waals surface area contributed by atoms with Gasteiger partial charge in [-0.2, -0.15) is 0 Å². The number of nitrogens with zero attached hydrogens (tertiary/aromatic N) is 2. The van der Waals surface area contributed by atoms with E-state index in [1.54, 1.807) is 34.9 Å². The predicted molar refractivity (Wildman–Crippen MR) is 145 cm³/mol. The van der Waals surface area contributed by atoms with E-state index in [-0.39, 0.29) is 31.0 Å². The lowest BCUT2D eigenvalue weighted by atomic mass is 10.0. The molecule has 1 heterocycles. The van der Waals surface area contributed by atoms with E-state index >= 15 is 0 Å². The first kappa shape index (κ1) is 30.9. The molecule has 40 heavy (non-hydrogen) atoms. The highest BCUT2D eigenvalue weighted by Crippen LogP contribution is 2.29. The van der Waals surface area contributed by atoms with Crippen LogP contribution in [0.2, 0.25) is 0 Å². The molecule has 0 aliphatic rings. The quantitative estimate of drug-likeness (QED) is 0.176. The molecule has 0 saturated heterocycles. The maximum atomic E-state index is 13.7. The van der Waals surface area contributed by atoms with Gasteiger partial charge in [0.1, 0.15) is 23.4 Å². The van der Waals surface area contributed by atoms with Gasteiger partial charge >= 0.3 is 5.97 Å². The van der Waals surface area contributed by atoms with Crippen LogP contribution in [0.4, 0.5) is 4.39 Å². The molecule has 10 nitrogen and oxygen atoms in total. The molecule has 4 atom stereocenters. The van der Waals surface area contributed by atoms with Gasteiger partial charge in [0.05, 0.1) is 37.0 Å². The van der Waals surface area contributed by atoms with Crippen molar-refractivity contribution in [3.8, 4) is 11.4 Å². The first-order valence-corrected chi connectivity index (χ1v) is 13.1. The molecule has 3 aromatic rings. The number of amides is 1. The summed E-state index contributed by atoms with van der Waals surface area (Å²) in [6.07, 6.45) is -3.95. The average molecular weight is 558 g/mol. The topological polar surface area (TPSA) is 165 Å². The smallest absolute Gasteiger partial charge is 0.305 e. The van der Waals surface area contributed by atoms with Crippen molar-refractivity contribution < 1.29 is 39.5 Å². The second kappa shape index (κ2) is 14.1. The van der Waals surface area contributed by atoms with Crippen LogP contribution >= 0.6 is 0 Å². The van der Waals surface area contributed by atoms with Gasteiger partial charge in [0.25, 0.3) is 5.91 Å². The monoisotopic (exact) mass is 557 g/mol. The molecule has 11 heteroatoms. The first-order valence-electron chi connectivity index (χ1n) is 13.1. The van der Waals surface area contributed by atoms with Gasteiger partial charge in [0.2, 0.25) is 0 Å². The molecule has 1 amide bonds. The van der Waals surface area contributed by atoms with Crippen molar-refractivity contribution in [2.75, 3.05) is 6.61 Å². The Labute approximate surface area is 231 Å². The molecule has 0 spiro atoms. The number of carbonyl (C=O) groups excluding carboxylic acids is 1. The summed E-state index contributed by atoms with van der Waals surface area (Å²) in [5, 5.41) is 52.7. The van der Waals surface area contributed by atoms with E-state index in [0.717, 1.165) is 0 Å². The van der Waals surface area contributed by atoms with Crippen LogP contribution in [0.1, 0.15) is 66.9 Å². The van der Waals surface area contributed by atoms with E-state index < -0.39 is 55.1 Å². The Morgan fingerprint density at radius 3 is 2.23 bits per heavy atom. The Morgan fingerprint density at radius 1 is 1.00 bits per heavy atom. The predicted octanol–water partition coefficient (Wildman–Crippen LogP) is 2.61. The Kier molecular flexibility index (Phi) is 10.9. The van der Waals surface area contributed by atoms with Crippen molar-refractivity contribution in [2.24, 2.45) is 0 Å². The highest BCUT2D eigenvalue weighted by atomic mass is 19.1. The number of benzene rings is 2. The van der Waals surface area contributed by atoms with Crippen molar-refractivity contribution >= 4 is 11.9 Å². The molecule has 0 saturated carbocycles. The third kappa shape index (κ3) is 7.95. The lowest BCUT2D eigenvalue weighted by Gasteiger charge is -2.23. The fourth-order valence-corrected chi connectivity index (χ4v) is 4.60. The molecule has 0 fully saturated rings. The summed E-state index contributed by atoms with van der Waals surface area (Å²) in [5.41, 5.74) is 1.60. The minimum absolute atomic E-state index is 0.0495. The molecule has 6 N–H and O–H groups in total. The number of hydrogen-bond acceptors (Lipinski definition) is 7. The molecule has 0 aliphatic heterocycles. The van der Waals surface area contributed by atoms with Crippen LogP contribution in [-0.4, -0.2) is 71.8 Å². The van der Waals surface area contributed by atoms with Crippen LogP contribution in [0.3, 0.4) is 0 Å². The number of aliphatic hydroxyl groups is 4. The number of nitrogens with one attached hydrogen (secondary N) is 1. The summed E-state index contributed by atoms with van der Waals surface area (Å²) in [6, 6.07) is 13.1. The van der Waals surface area contributed by atoms with Gasteiger partial charge in [-0.15, -0.1) is 0 Å². The Bertz CT molecular complexity index is 1260. The number of aromatic nitrogens is 2. The number of carbonyl (C=O) groups is 2. The van der Waals surface area contributed by atoms with Gasteiger partial charge < -0.3 is 35.4 Å². The van der Waals surface area contributed by atoms with E-state index in [9.17, 15) is 34.4 Å². The van der Waals surface area contributed by atoms with Crippen molar-refractivity contribution in [3.63, 3.8) is 0 Å². The van der Waals surface area contributed by atoms with Gasteiger partial charge in [-0.25, -0.2) is 9.37 Å². The van der Waals surface area contributed by atoms with Crippen molar-refractivity contribution in [1.29, 1.82) is 0 Å². The number of imidazole rings is 1. The molecule has 3 rings (SSSR count). The number of aliphatic carboxylic acids is 1. The molecule has 0 bridgehead atoms. The summed E-state index contributed by atoms with van der Waals surface area (Å²) >= 11 is 0. The lowest BCUT2D eigenvalue weighted by Crippen LogP contribution is -2.42. The highest BCUT2D eigenvalue weighted by Gasteiger charge is 2.29. The number of carboxylic acids is 1. The fourth-order valence-electron chi connectivity index (χ4n) is 4.60. The largest absolute Gasteiger partial charge is 0.481 e. The minimum Gasteiger partial charge on any atom is -0.481 e. The van der Waals surface area contributed by atoms with E-state index in [2.05, 4.69) is 10.3 Å². The molecular formula is C29H36FN3O7. The van der Waals surface area contributed by atoms with Crippen LogP contribution in [0.25, 0.3) is 11.4 Å². The zero-order chi connectivity index (χ0) is 29.4. The zero-order valence-corrected chi connectivity index (χ0v) is 22.4. The average Bonchev–Trinajstić information content (AvgIpc) is 3.30. The number of aliphatic hydroxyl groups excluding tert-OH is 4. The van der Waals surface area contributed by atoms with Crippen molar-refractivity contribution in [3.05, 3.63) is 77.4 Å². The van der Waals surface area contributed by atoms with Gasteiger partial charge in [-0.1, -0.05) is 44.2 Å². The summed E-state index contributed by atoms with van der Waals surface area (Å²) in [7, 11) is 0. The van der Waals surface area contributed by atoms with Crippen molar-refractivity contribution in [1.82, 2.24) is 14.9 Å². The van der Waals surface area contributed by atoms with Crippen LogP contribution in [-0.2, 0) is 11.3 Å². The first-order chi connectivity index (χ1) is 19.0. The number of carboxylic acid groups (broad SMARTS) is 1. The third-order valence-corrected chi connectivity index (χ3v) is 6.55. The number of hydrogen-bond donors (Lipinski definition) is 6. The van der Waals surface area contributed by atoms with Crippen LogP contribution in [0, 0.1) is 5.82 Å². The highest BCUT2D eigenvalue weighted by molar-refractivity contribution is 5.94. The van der Waals surface area contributed by atoms with Gasteiger partial charge in [0, 0.05) is 12.1 Å². The van der Waals surface area contributed by atoms with E-state index in [1.165, 1.54) is 24.3 Å². The van der Waals surface area contributed by atoms with Crippen LogP contribution in [0.15, 0.2) is 54.6 Å². The van der Waals surface area contributed by atoms with Crippen LogP contribution < -0.4 is 5.32 Å². The van der Waals surface area contributed by atoms with Gasteiger partial charge in [0.15, 0.2) is 0 Å². The van der Waals surface area contributed by atoms with Crippen LogP contribution in [0.5, 0.6) is 0 Å². The summed E-state index contributed by atoms with van der Waals surface area (Å²) < 4.78 is 15.4. The molecule has 1 aromatic heterocycles. The number of rotatable bonds is 14. The maximum Gasteiger partial charge on any atom is 0.305 e. The molecule has 0 aliphatic carbocycles. The Hall–Kier alpha value is -3.64. The standard InChI is InChI=1S/C29H36FN3O7/c1-17(2)26-25(29(40)31-23(16-34)27(39)18-6-4-3-5-7-18)32-28(19-8-10-20(30)11-9-19)33(26)13-12-21(35)14-22(36)15-24(37)38/h3-11,17,21-23,27,34-36,39H,12-16H2,1-2H3,(H,31,40)(H,37,38)/t21-,22-,23?,27?/m1/s1. The molecule has 0 radical (unpaired) electrons. The number of halogens is 1. The second-order valence-corrected chi connectivity index (χ2v) is 10.0.